The van der Waals surface area contributed by atoms with Crippen molar-refractivity contribution in [3.05, 3.63) is 52.4 Å². The summed E-state index contributed by atoms with van der Waals surface area (Å²) in [6.07, 6.45) is 6.09. The quantitative estimate of drug-likeness (QED) is 0.523. The number of amides is 1. The van der Waals surface area contributed by atoms with E-state index in [1.165, 1.54) is 6.33 Å². The number of aromatic nitrogens is 6. The van der Waals surface area contributed by atoms with Gasteiger partial charge in [0, 0.05) is 61.4 Å². The van der Waals surface area contributed by atoms with Crippen LogP contribution in [0, 0.1) is 0 Å². The Morgan fingerprint density at radius 3 is 2.87 bits per heavy atom. The molecule has 1 aromatic carbocycles. The first kappa shape index (κ1) is 19.1. The van der Waals surface area contributed by atoms with Crippen LogP contribution in [-0.2, 0) is 31.4 Å². The summed E-state index contributed by atoms with van der Waals surface area (Å²) in [5.74, 6) is 0.895. The predicted molar refractivity (Wildman–Crippen MR) is 114 cm³/mol. The van der Waals surface area contributed by atoms with E-state index >= 15 is 0 Å². The Morgan fingerprint density at radius 1 is 1.27 bits per heavy atom. The minimum absolute atomic E-state index is 0.0942. The second-order valence-corrected chi connectivity index (χ2v) is 8.12. The zero-order chi connectivity index (χ0) is 20.8. The fourth-order valence-corrected chi connectivity index (χ4v) is 4.59. The van der Waals surface area contributed by atoms with Gasteiger partial charge in [-0.2, -0.15) is 10.2 Å². The van der Waals surface area contributed by atoms with Crippen molar-refractivity contribution in [2.24, 2.45) is 7.05 Å². The number of H-pyrrole nitrogens is 1. The second kappa shape index (κ2) is 7.45. The zero-order valence-corrected chi connectivity index (χ0v) is 17.8. The molecule has 4 aromatic rings. The lowest BCUT2D eigenvalue weighted by atomic mass is 10.0. The van der Waals surface area contributed by atoms with E-state index in [4.69, 9.17) is 23.2 Å². The maximum Gasteiger partial charge on any atom is 0.223 e. The summed E-state index contributed by atoms with van der Waals surface area (Å²) in [4.78, 5) is 19.0. The molecule has 0 saturated carbocycles. The molecule has 154 valence electrons. The van der Waals surface area contributed by atoms with E-state index in [0.29, 0.717) is 42.5 Å². The molecule has 0 bridgehead atoms. The lowest BCUT2D eigenvalue weighted by Gasteiger charge is -2.30. The second-order valence-electron chi connectivity index (χ2n) is 7.33. The number of aromatic amines is 1. The molecule has 4 heterocycles. The molecular weight excluding hydrogens is 425 g/mol. The lowest BCUT2D eigenvalue weighted by molar-refractivity contribution is -0.132. The fourth-order valence-electron chi connectivity index (χ4n) is 4.17. The molecule has 0 saturated heterocycles. The summed E-state index contributed by atoms with van der Waals surface area (Å²) >= 11 is 12.9. The van der Waals surface area contributed by atoms with Gasteiger partial charge in [0.15, 0.2) is 0 Å². The summed E-state index contributed by atoms with van der Waals surface area (Å²) < 4.78 is 3.88. The summed E-state index contributed by atoms with van der Waals surface area (Å²) in [5.41, 5.74) is 3.93. The molecule has 3 aromatic heterocycles. The fraction of sp³-hybridized carbons (Fsp3) is 0.300. The number of fused-ring (bicyclic) bond motifs is 3. The van der Waals surface area contributed by atoms with E-state index in [9.17, 15) is 4.79 Å². The molecule has 30 heavy (non-hydrogen) atoms. The number of benzene rings is 1. The Hall–Kier alpha value is -2.84. The number of hydrogen-bond acceptors (Lipinski definition) is 4. The number of rotatable bonds is 4. The number of halogens is 2. The van der Waals surface area contributed by atoms with Crippen LogP contribution in [0.15, 0.2) is 30.9 Å². The van der Waals surface area contributed by atoms with Gasteiger partial charge in [-0.15, -0.1) is 0 Å². The molecule has 1 aliphatic heterocycles. The highest BCUT2D eigenvalue weighted by Crippen LogP contribution is 2.42. The number of aryl methyl sites for hydroxylation is 2. The molecule has 1 amide bonds. The first-order chi connectivity index (χ1) is 14.5. The van der Waals surface area contributed by atoms with Crippen molar-refractivity contribution < 1.29 is 4.79 Å². The highest BCUT2D eigenvalue weighted by Gasteiger charge is 2.28. The molecule has 8 nitrogen and oxygen atoms in total. The van der Waals surface area contributed by atoms with Gasteiger partial charge >= 0.3 is 0 Å². The van der Waals surface area contributed by atoms with Crippen molar-refractivity contribution in [1.29, 1.82) is 0 Å². The summed E-state index contributed by atoms with van der Waals surface area (Å²) in [6, 6.07) is 3.79. The Morgan fingerprint density at radius 2 is 2.13 bits per heavy atom. The molecular formula is C20H19Cl2N7O. The minimum Gasteiger partial charge on any atom is -0.339 e. The lowest BCUT2D eigenvalue weighted by Crippen LogP contribution is -2.38. The van der Waals surface area contributed by atoms with Gasteiger partial charge in [-0.05, 0) is 6.07 Å². The smallest absolute Gasteiger partial charge is 0.223 e. The van der Waals surface area contributed by atoms with E-state index in [0.717, 1.165) is 33.5 Å². The molecule has 0 atom stereocenters. The summed E-state index contributed by atoms with van der Waals surface area (Å²) in [6.45, 7) is 1.77. The van der Waals surface area contributed by atoms with Crippen LogP contribution >= 0.6 is 23.2 Å². The predicted octanol–water partition coefficient (Wildman–Crippen LogP) is 3.44. The van der Waals surface area contributed by atoms with Crippen LogP contribution in [0.5, 0.6) is 0 Å². The van der Waals surface area contributed by atoms with Crippen molar-refractivity contribution in [3.63, 3.8) is 0 Å². The van der Waals surface area contributed by atoms with Crippen LogP contribution in [0.4, 0.5) is 0 Å². The highest BCUT2D eigenvalue weighted by molar-refractivity contribution is 6.45. The average Bonchev–Trinajstić information content (AvgIpc) is 3.47. The highest BCUT2D eigenvalue weighted by atomic mass is 35.5. The van der Waals surface area contributed by atoms with Gasteiger partial charge in [0.2, 0.25) is 5.91 Å². The topological polar surface area (TPSA) is 84.6 Å². The number of nitrogens with one attached hydrogen (secondary N) is 1. The summed E-state index contributed by atoms with van der Waals surface area (Å²) in [7, 11) is 1.83. The minimum atomic E-state index is 0.0942. The first-order valence-electron chi connectivity index (χ1n) is 9.63. The third-order valence-corrected chi connectivity index (χ3v) is 6.46. The Balaban J connectivity index is 1.50. The van der Waals surface area contributed by atoms with Crippen molar-refractivity contribution >= 4 is 40.0 Å². The molecule has 1 aliphatic rings. The molecule has 0 spiro atoms. The average molecular weight is 444 g/mol. The number of nitrogens with zero attached hydrogens (tertiary/aromatic N) is 6. The molecule has 1 N–H and O–H groups in total. The van der Waals surface area contributed by atoms with Crippen molar-refractivity contribution in [3.8, 4) is 11.1 Å². The zero-order valence-electron chi connectivity index (χ0n) is 16.3. The molecule has 5 rings (SSSR count). The van der Waals surface area contributed by atoms with Gasteiger partial charge < -0.3 is 9.47 Å². The third kappa shape index (κ3) is 3.07. The number of carbonyl (C=O) groups is 1. The van der Waals surface area contributed by atoms with Crippen LogP contribution < -0.4 is 0 Å². The number of carbonyl (C=O) groups excluding carboxylic acids is 1. The Labute approximate surface area is 182 Å². The van der Waals surface area contributed by atoms with Gasteiger partial charge in [-0.25, -0.2) is 4.98 Å². The van der Waals surface area contributed by atoms with Crippen LogP contribution in [0.3, 0.4) is 0 Å². The maximum atomic E-state index is 12.9. The van der Waals surface area contributed by atoms with E-state index in [1.807, 2.05) is 30.3 Å². The van der Waals surface area contributed by atoms with E-state index in [1.54, 1.807) is 10.9 Å². The number of hydrogen-bond donors (Lipinski definition) is 1. The SMILES string of the molecule is Cn1ncnc1CCC(=O)N1CCn2c(c(-c3cn[nH]c3)c3ccc(Cl)c(Cl)c32)C1. The van der Waals surface area contributed by atoms with Crippen molar-refractivity contribution in [2.45, 2.75) is 25.9 Å². The largest absolute Gasteiger partial charge is 0.339 e. The standard InChI is InChI=1S/C20H19Cl2N7O/c1-27-16(23-11-26-27)4-5-17(30)28-6-7-29-15(10-28)18(12-8-24-25-9-12)13-2-3-14(21)19(22)20(13)29/h2-3,8-9,11H,4-7,10H2,1H3,(H,24,25). The Kier molecular flexibility index (Phi) is 4.75. The van der Waals surface area contributed by atoms with Crippen LogP contribution in [-0.4, -0.2) is 46.9 Å². The van der Waals surface area contributed by atoms with Crippen LogP contribution in [0.1, 0.15) is 17.9 Å². The van der Waals surface area contributed by atoms with E-state index < -0.39 is 0 Å². The van der Waals surface area contributed by atoms with Gasteiger partial charge in [0.1, 0.15) is 12.2 Å². The van der Waals surface area contributed by atoms with Gasteiger partial charge in [0.05, 0.1) is 28.3 Å². The Bertz CT molecular complexity index is 1240. The molecule has 0 aliphatic carbocycles. The van der Waals surface area contributed by atoms with E-state index in [-0.39, 0.29) is 5.91 Å². The molecule has 0 radical (unpaired) electrons. The summed E-state index contributed by atoms with van der Waals surface area (Å²) in [5, 5.41) is 13.1. The van der Waals surface area contributed by atoms with Crippen LogP contribution in [0.25, 0.3) is 22.0 Å². The maximum absolute atomic E-state index is 12.9. The normalized spacial score (nSPS) is 13.8. The van der Waals surface area contributed by atoms with Crippen LogP contribution in [0.2, 0.25) is 10.0 Å². The molecule has 10 heteroatoms. The van der Waals surface area contributed by atoms with E-state index in [2.05, 4.69) is 24.8 Å². The van der Waals surface area contributed by atoms with Crippen molar-refractivity contribution in [1.82, 2.24) is 34.4 Å². The monoisotopic (exact) mass is 443 g/mol. The first-order valence-corrected chi connectivity index (χ1v) is 10.4. The van der Waals surface area contributed by atoms with Crippen molar-refractivity contribution in [2.75, 3.05) is 6.54 Å². The van der Waals surface area contributed by atoms with Gasteiger partial charge in [0.25, 0.3) is 0 Å². The van der Waals surface area contributed by atoms with Gasteiger partial charge in [-0.1, -0.05) is 29.3 Å². The van der Waals surface area contributed by atoms with Gasteiger partial charge in [-0.3, -0.25) is 14.6 Å². The molecule has 0 unspecified atom stereocenters. The molecule has 0 fully saturated rings. The third-order valence-electron chi connectivity index (χ3n) is 5.66.